The number of halogens is 1. The van der Waals surface area contributed by atoms with Crippen LogP contribution in [0.15, 0.2) is 29.3 Å². The van der Waals surface area contributed by atoms with Crippen molar-refractivity contribution >= 4 is 5.71 Å². The maximum atomic E-state index is 12.7. The van der Waals surface area contributed by atoms with Gasteiger partial charge in [0.2, 0.25) is 0 Å². The summed E-state index contributed by atoms with van der Waals surface area (Å²) in [6.45, 7) is 2.88. The van der Waals surface area contributed by atoms with Crippen molar-refractivity contribution in [2.75, 3.05) is 20.1 Å². The fourth-order valence-electron chi connectivity index (χ4n) is 1.83. The number of likely N-dealkylation sites (tertiary alicyclic amines) is 1. The topological polar surface area (TPSA) is 15.6 Å². The lowest BCUT2D eigenvalue weighted by atomic mass is 10.1. The van der Waals surface area contributed by atoms with Gasteiger partial charge in [0, 0.05) is 18.8 Å². The summed E-state index contributed by atoms with van der Waals surface area (Å²) < 4.78 is 12.7. The number of benzene rings is 1. The Kier molecular flexibility index (Phi) is 3.67. The van der Waals surface area contributed by atoms with Crippen molar-refractivity contribution in [3.8, 4) is 0 Å². The van der Waals surface area contributed by atoms with E-state index >= 15 is 0 Å². The largest absolute Gasteiger partial charge is 0.306 e. The Morgan fingerprint density at radius 3 is 2.44 bits per heavy atom. The van der Waals surface area contributed by atoms with Crippen molar-refractivity contribution in [3.63, 3.8) is 0 Å². The zero-order chi connectivity index (χ0) is 11.4. The minimum atomic E-state index is -0.185. The van der Waals surface area contributed by atoms with E-state index in [2.05, 4.69) is 16.9 Å². The van der Waals surface area contributed by atoms with Crippen LogP contribution in [-0.4, -0.2) is 30.7 Å². The molecule has 0 radical (unpaired) electrons. The van der Waals surface area contributed by atoms with Gasteiger partial charge in [-0.25, -0.2) is 4.39 Å². The van der Waals surface area contributed by atoms with Crippen LogP contribution in [0.25, 0.3) is 0 Å². The number of nitrogens with zero attached hydrogens (tertiary/aromatic N) is 2. The SMILES string of the molecule is CN1CCC(=NCc2ccc(F)cc2)CC1. The van der Waals surface area contributed by atoms with Gasteiger partial charge < -0.3 is 4.90 Å². The third-order valence-corrected chi connectivity index (χ3v) is 2.96. The van der Waals surface area contributed by atoms with E-state index in [-0.39, 0.29) is 5.82 Å². The normalized spacial score (nSPS) is 17.5. The van der Waals surface area contributed by atoms with Crippen LogP contribution in [0.3, 0.4) is 0 Å². The summed E-state index contributed by atoms with van der Waals surface area (Å²) >= 11 is 0. The molecule has 0 bridgehead atoms. The van der Waals surface area contributed by atoms with Gasteiger partial charge in [-0.3, -0.25) is 4.99 Å². The summed E-state index contributed by atoms with van der Waals surface area (Å²) in [6, 6.07) is 6.58. The Bertz CT molecular complexity index is 360. The van der Waals surface area contributed by atoms with Crippen LogP contribution in [0.4, 0.5) is 4.39 Å². The highest BCUT2D eigenvalue weighted by molar-refractivity contribution is 5.85. The molecule has 1 heterocycles. The van der Waals surface area contributed by atoms with Gasteiger partial charge in [-0.05, 0) is 37.6 Å². The maximum Gasteiger partial charge on any atom is 0.123 e. The molecule has 1 aliphatic rings. The Hall–Kier alpha value is -1.22. The molecule has 1 saturated heterocycles. The van der Waals surface area contributed by atoms with Gasteiger partial charge in [-0.2, -0.15) is 0 Å². The van der Waals surface area contributed by atoms with E-state index in [4.69, 9.17) is 0 Å². The molecule has 2 nitrogen and oxygen atoms in total. The van der Waals surface area contributed by atoms with Gasteiger partial charge in [0.1, 0.15) is 5.82 Å². The number of rotatable bonds is 2. The van der Waals surface area contributed by atoms with Crippen LogP contribution in [0.5, 0.6) is 0 Å². The predicted molar refractivity (Wildman–Crippen MR) is 64.3 cm³/mol. The Balaban J connectivity index is 1.91. The highest BCUT2D eigenvalue weighted by Gasteiger charge is 2.10. The molecule has 1 aromatic carbocycles. The molecule has 0 N–H and O–H groups in total. The number of hydrogen-bond acceptors (Lipinski definition) is 2. The summed E-state index contributed by atoms with van der Waals surface area (Å²) in [6.07, 6.45) is 2.13. The van der Waals surface area contributed by atoms with Crippen LogP contribution in [0, 0.1) is 5.82 Å². The average Bonchev–Trinajstić information content (AvgIpc) is 2.30. The van der Waals surface area contributed by atoms with E-state index < -0.39 is 0 Å². The molecule has 0 aromatic heterocycles. The molecule has 1 aliphatic heterocycles. The third-order valence-electron chi connectivity index (χ3n) is 2.96. The fourth-order valence-corrected chi connectivity index (χ4v) is 1.83. The molecule has 0 atom stereocenters. The monoisotopic (exact) mass is 220 g/mol. The number of piperidine rings is 1. The first-order chi connectivity index (χ1) is 7.74. The second kappa shape index (κ2) is 5.21. The van der Waals surface area contributed by atoms with Crippen molar-refractivity contribution < 1.29 is 4.39 Å². The Morgan fingerprint density at radius 1 is 1.19 bits per heavy atom. The molecular weight excluding hydrogens is 203 g/mol. The quantitative estimate of drug-likeness (QED) is 0.747. The van der Waals surface area contributed by atoms with Crippen LogP contribution >= 0.6 is 0 Å². The summed E-state index contributed by atoms with van der Waals surface area (Å²) in [7, 11) is 2.14. The van der Waals surface area contributed by atoms with E-state index in [9.17, 15) is 4.39 Å². The van der Waals surface area contributed by atoms with Gasteiger partial charge in [0.15, 0.2) is 0 Å². The van der Waals surface area contributed by atoms with E-state index in [1.807, 2.05) is 0 Å². The zero-order valence-electron chi connectivity index (χ0n) is 9.62. The molecular formula is C13H17FN2. The van der Waals surface area contributed by atoms with Gasteiger partial charge in [0.25, 0.3) is 0 Å². The van der Waals surface area contributed by atoms with Crippen LogP contribution in [-0.2, 0) is 6.54 Å². The summed E-state index contributed by atoms with van der Waals surface area (Å²) in [5.74, 6) is -0.185. The second-order valence-corrected chi connectivity index (χ2v) is 4.31. The fraction of sp³-hybridized carbons (Fsp3) is 0.462. The molecule has 16 heavy (non-hydrogen) atoms. The first-order valence-corrected chi connectivity index (χ1v) is 5.69. The van der Waals surface area contributed by atoms with E-state index in [1.54, 1.807) is 12.1 Å². The zero-order valence-corrected chi connectivity index (χ0v) is 9.62. The first kappa shape index (κ1) is 11.3. The van der Waals surface area contributed by atoms with E-state index in [0.29, 0.717) is 6.54 Å². The minimum absolute atomic E-state index is 0.185. The molecule has 0 aliphatic carbocycles. The second-order valence-electron chi connectivity index (χ2n) is 4.31. The van der Waals surface area contributed by atoms with Gasteiger partial charge in [0.05, 0.1) is 6.54 Å². The first-order valence-electron chi connectivity index (χ1n) is 5.69. The van der Waals surface area contributed by atoms with Crippen molar-refractivity contribution in [1.82, 2.24) is 4.90 Å². The highest BCUT2D eigenvalue weighted by Crippen LogP contribution is 2.08. The smallest absolute Gasteiger partial charge is 0.123 e. The summed E-state index contributed by atoms with van der Waals surface area (Å²) in [4.78, 5) is 6.90. The minimum Gasteiger partial charge on any atom is -0.306 e. The molecule has 1 aromatic rings. The Morgan fingerprint density at radius 2 is 1.81 bits per heavy atom. The molecule has 0 amide bonds. The lowest BCUT2D eigenvalue weighted by Crippen LogP contribution is -2.30. The maximum absolute atomic E-state index is 12.7. The molecule has 3 heteroatoms. The van der Waals surface area contributed by atoms with Crippen molar-refractivity contribution in [1.29, 1.82) is 0 Å². The van der Waals surface area contributed by atoms with Crippen LogP contribution in [0.2, 0.25) is 0 Å². The van der Waals surface area contributed by atoms with Crippen molar-refractivity contribution in [2.45, 2.75) is 19.4 Å². The number of hydrogen-bond donors (Lipinski definition) is 0. The van der Waals surface area contributed by atoms with Gasteiger partial charge >= 0.3 is 0 Å². The van der Waals surface area contributed by atoms with Crippen molar-refractivity contribution in [3.05, 3.63) is 35.6 Å². The molecule has 0 spiro atoms. The molecule has 86 valence electrons. The van der Waals surface area contributed by atoms with E-state index in [0.717, 1.165) is 31.5 Å². The number of aliphatic imine (C=N–C) groups is 1. The van der Waals surface area contributed by atoms with Crippen LogP contribution in [0.1, 0.15) is 18.4 Å². The molecule has 2 rings (SSSR count). The predicted octanol–water partition coefficient (Wildman–Crippen LogP) is 2.49. The molecule has 1 fully saturated rings. The highest BCUT2D eigenvalue weighted by atomic mass is 19.1. The van der Waals surface area contributed by atoms with Crippen LogP contribution < -0.4 is 0 Å². The summed E-state index contributed by atoms with van der Waals surface area (Å²) in [5, 5.41) is 0. The molecule has 0 saturated carbocycles. The third kappa shape index (κ3) is 3.14. The van der Waals surface area contributed by atoms with Gasteiger partial charge in [-0.15, -0.1) is 0 Å². The summed E-state index contributed by atoms with van der Waals surface area (Å²) in [5.41, 5.74) is 2.37. The lowest BCUT2D eigenvalue weighted by molar-refractivity contribution is 0.335. The lowest BCUT2D eigenvalue weighted by Gasteiger charge is -2.23. The Labute approximate surface area is 95.8 Å². The van der Waals surface area contributed by atoms with Gasteiger partial charge in [-0.1, -0.05) is 12.1 Å². The molecule has 0 unspecified atom stereocenters. The van der Waals surface area contributed by atoms with E-state index in [1.165, 1.54) is 17.8 Å². The van der Waals surface area contributed by atoms with Crippen molar-refractivity contribution in [2.24, 2.45) is 4.99 Å². The standard InChI is InChI=1S/C13H17FN2/c1-16-8-6-13(7-9-16)15-10-11-2-4-12(14)5-3-11/h2-5H,6-10H2,1H3. The average molecular weight is 220 g/mol.